The van der Waals surface area contributed by atoms with Crippen molar-refractivity contribution in [3.63, 3.8) is 0 Å². The van der Waals surface area contributed by atoms with Crippen LogP contribution in [0.5, 0.6) is 0 Å². The highest BCUT2D eigenvalue weighted by molar-refractivity contribution is 5.32. The Hall–Kier alpha value is -1.61. The summed E-state index contributed by atoms with van der Waals surface area (Å²) < 4.78 is 1.75. The van der Waals surface area contributed by atoms with Gasteiger partial charge in [0.05, 0.1) is 11.8 Å². The third-order valence-corrected chi connectivity index (χ3v) is 3.03. The van der Waals surface area contributed by atoms with E-state index in [0.717, 1.165) is 16.7 Å². The summed E-state index contributed by atoms with van der Waals surface area (Å²) in [6.07, 6.45) is 4.31. The van der Waals surface area contributed by atoms with Crippen LogP contribution in [0.15, 0.2) is 36.7 Å². The van der Waals surface area contributed by atoms with Gasteiger partial charge in [0.25, 0.3) is 0 Å². The van der Waals surface area contributed by atoms with E-state index in [1.165, 1.54) is 0 Å². The van der Waals surface area contributed by atoms with Gasteiger partial charge >= 0.3 is 0 Å². The molecule has 0 spiro atoms. The number of aromatic nitrogens is 2. The second kappa shape index (κ2) is 4.34. The molecule has 3 nitrogen and oxygen atoms in total. The van der Waals surface area contributed by atoms with Crippen LogP contribution in [0.3, 0.4) is 0 Å². The smallest absolute Gasteiger partial charge is 0.0912 e. The summed E-state index contributed by atoms with van der Waals surface area (Å²) in [7, 11) is 1.88. The van der Waals surface area contributed by atoms with E-state index >= 15 is 0 Å². The third-order valence-electron chi connectivity index (χ3n) is 3.03. The first kappa shape index (κ1) is 11.9. The predicted molar refractivity (Wildman–Crippen MR) is 67.7 cm³/mol. The Balaban J connectivity index is 2.27. The van der Waals surface area contributed by atoms with Gasteiger partial charge < -0.3 is 5.11 Å². The van der Waals surface area contributed by atoms with Gasteiger partial charge in [0.2, 0.25) is 0 Å². The molecule has 2 aromatic rings. The Morgan fingerprint density at radius 2 is 2.06 bits per heavy atom. The Kier molecular flexibility index (Phi) is 3.03. The van der Waals surface area contributed by atoms with Crippen LogP contribution in [-0.2, 0) is 19.1 Å². The Morgan fingerprint density at radius 3 is 2.65 bits per heavy atom. The quantitative estimate of drug-likeness (QED) is 0.877. The van der Waals surface area contributed by atoms with Gasteiger partial charge in [-0.1, -0.05) is 24.3 Å². The lowest BCUT2D eigenvalue weighted by molar-refractivity contribution is 0.0570. The van der Waals surface area contributed by atoms with Crippen molar-refractivity contribution >= 4 is 0 Å². The van der Waals surface area contributed by atoms with Crippen LogP contribution < -0.4 is 0 Å². The average molecular weight is 230 g/mol. The van der Waals surface area contributed by atoms with E-state index in [4.69, 9.17) is 0 Å². The predicted octanol–water partition coefficient (Wildman–Crippen LogP) is 2.18. The van der Waals surface area contributed by atoms with Crippen molar-refractivity contribution in [3.05, 3.63) is 53.3 Å². The van der Waals surface area contributed by atoms with E-state index in [2.05, 4.69) is 5.10 Å². The van der Waals surface area contributed by atoms with Crippen molar-refractivity contribution in [2.75, 3.05) is 0 Å². The molecule has 90 valence electrons. The molecule has 1 aromatic carbocycles. The number of rotatable bonds is 3. The van der Waals surface area contributed by atoms with E-state index in [1.807, 2.05) is 51.4 Å². The molecule has 17 heavy (non-hydrogen) atoms. The molecule has 0 aliphatic rings. The summed E-state index contributed by atoms with van der Waals surface area (Å²) in [5.41, 5.74) is 2.28. The van der Waals surface area contributed by atoms with Crippen molar-refractivity contribution < 1.29 is 5.11 Å². The number of aryl methyl sites for hydroxylation is 2. The van der Waals surface area contributed by atoms with E-state index in [9.17, 15) is 5.11 Å². The molecule has 0 amide bonds. The van der Waals surface area contributed by atoms with Crippen LogP contribution in [0.25, 0.3) is 0 Å². The largest absolute Gasteiger partial charge is 0.385 e. The molecule has 0 radical (unpaired) electrons. The number of nitrogens with zero attached hydrogens (tertiary/aromatic N) is 2. The minimum Gasteiger partial charge on any atom is -0.385 e. The second-order valence-electron chi connectivity index (χ2n) is 4.79. The van der Waals surface area contributed by atoms with Crippen LogP contribution in [0.4, 0.5) is 0 Å². The monoisotopic (exact) mass is 230 g/mol. The van der Waals surface area contributed by atoms with Gasteiger partial charge in [0.1, 0.15) is 0 Å². The van der Waals surface area contributed by atoms with Gasteiger partial charge in [-0.2, -0.15) is 5.10 Å². The lowest BCUT2D eigenvalue weighted by Gasteiger charge is -2.25. The molecule has 0 bridgehead atoms. The molecule has 1 N–H and O–H groups in total. The molecule has 3 heteroatoms. The highest BCUT2D eigenvalue weighted by Crippen LogP contribution is 2.27. The standard InChI is InChI=1S/C14H18N2O/c1-11-6-4-5-7-13(11)14(2,17)8-12-9-15-16(3)10-12/h4-7,9-10,17H,8H2,1-3H3. The van der Waals surface area contributed by atoms with Gasteiger partial charge in [-0.15, -0.1) is 0 Å². The summed E-state index contributed by atoms with van der Waals surface area (Å²) in [4.78, 5) is 0. The summed E-state index contributed by atoms with van der Waals surface area (Å²) in [6, 6.07) is 7.94. The normalized spacial score (nSPS) is 14.6. The molecule has 0 saturated carbocycles. The molecule has 0 aliphatic heterocycles. The second-order valence-corrected chi connectivity index (χ2v) is 4.79. The number of aliphatic hydroxyl groups is 1. The third kappa shape index (κ3) is 2.56. The fraction of sp³-hybridized carbons (Fsp3) is 0.357. The van der Waals surface area contributed by atoms with E-state index in [1.54, 1.807) is 10.9 Å². The molecular weight excluding hydrogens is 212 g/mol. The van der Waals surface area contributed by atoms with Crippen molar-refractivity contribution in [3.8, 4) is 0 Å². The van der Waals surface area contributed by atoms with E-state index < -0.39 is 5.60 Å². The topological polar surface area (TPSA) is 38.1 Å². The number of hydrogen-bond acceptors (Lipinski definition) is 2. The summed E-state index contributed by atoms with van der Waals surface area (Å²) in [5.74, 6) is 0. The summed E-state index contributed by atoms with van der Waals surface area (Å²) in [5, 5.41) is 14.7. The number of hydrogen-bond donors (Lipinski definition) is 1. The molecule has 1 heterocycles. The number of benzene rings is 1. The fourth-order valence-electron chi connectivity index (χ4n) is 2.23. The molecular formula is C14H18N2O. The molecule has 1 aromatic heterocycles. The summed E-state index contributed by atoms with van der Waals surface area (Å²) >= 11 is 0. The Morgan fingerprint density at radius 1 is 1.35 bits per heavy atom. The highest BCUT2D eigenvalue weighted by Gasteiger charge is 2.25. The van der Waals surface area contributed by atoms with Crippen molar-refractivity contribution in [1.29, 1.82) is 0 Å². The van der Waals surface area contributed by atoms with Crippen LogP contribution in [-0.4, -0.2) is 14.9 Å². The highest BCUT2D eigenvalue weighted by atomic mass is 16.3. The minimum atomic E-state index is -0.853. The van der Waals surface area contributed by atoms with Crippen molar-refractivity contribution in [2.45, 2.75) is 25.9 Å². The zero-order valence-corrected chi connectivity index (χ0v) is 10.5. The lowest BCUT2D eigenvalue weighted by atomic mass is 9.87. The van der Waals surface area contributed by atoms with Crippen LogP contribution in [0.1, 0.15) is 23.6 Å². The van der Waals surface area contributed by atoms with Gasteiger partial charge in [0, 0.05) is 19.7 Å². The zero-order valence-electron chi connectivity index (χ0n) is 10.5. The van der Waals surface area contributed by atoms with Gasteiger partial charge in [0.15, 0.2) is 0 Å². The van der Waals surface area contributed by atoms with Crippen LogP contribution in [0, 0.1) is 6.92 Å². The first-order valence-electron chi connectivity index (χ1n) is 5.75. The lowest BCUT2D eigenvalue weighted by Crippen LogP contribution is -2.25. The van der Waals surface area contributed by atoms with Crippen molar-refractivity contribution in [2.24, 2.45) is 7.05 Å². The van der Waals surface area contributed by atoms with Gasteiger partial charge in [-0.3, -0.25) is 4.68 Å². The Bertz CT molecular complexity index is 514. The molecule has 1 atom stereocenters. The molecule has 0 aliphatic carbocycles. The first-order chi connectivity index (χ1) is 7.99. The maximum atomic E-state index is 10.6. The van der Waals surface area contributed by atoms with E-state index in [0.29, 0.717) is 6.42 Å². The molecule has 2 rings (SSSR count). The van der Waals surface area contributed by atoms with E-state index in [-0.39, 0.29) is 0 Å². The maximum absolute atomic E-state index is 10.6. The molecule has 0 saturated heterocycles. The van der Waals surface area contributed by atoms with Crippen LogP contribution >= 0.6 is 0 Å². The SMILES string of the molecule is Cc1ccccc1C(C)(O)Cc1cnn(C)c1. The summed E-state index contributed by atoms with van der Waals surface area (Å²) in [6.45, 7) is 3.87. The zero-order chi connectivity index (χ0) is 12.5. The maximum Gasteiger partial charge on any atom is 0.0912 e. The Labute approximate surface area is 102 Å². The first-order valence-corrected chi connectivity index (χ1v) is 5.75. The fourth-order valence-corrected chi connectivity index (χ4v) is 2.23. The van der Waals surface area contributed by atoms with Gasteiger partial charge in [-0.05, 0) is 30.5 Å². The van der Waals surface area contributed by atoms with Crippen molar-refractivity contribution in [1.82, 2.24) is 9.78 Å². The average Bonchev–Trinajstić information content (AvgIpc) is 2.63. The minimum absolute atomic E-state index is 0.575. The molecule has 1 unspecified atom stereocenters. The molecule has 0 fully saturated rings. The van der Waals surface area contributed by atoms with Gasteiger partial charge in [-0.25, -0.2) is 0 Å². The van der Waals surface area contributed by atoms with Crippen LogP contribution in [0.2, 0.25) is 0 Å².